The van der Waals surface area contributed by atoms with Crippen LogP contribution in [0.4, 0.5) is 0 Å². The lowest BCUT2D eigenvalue weighted by atomic mass is 10.1. The fraction of sp³-hybridized carbons (Fsp3) is 0.312. The third-order valence-electron chi connectivity index (χ3n) is 3.42. The second-order valence-corrected chi connectivity index (χ2v) is 4.83. The number of hydrogen-bond donors (Lipinski definition) is 1. The standard InChI is InChI=1S/C16H18N2O/c1-3-6-17-10-11-7-13-14-9-12(19-2)4-5-15(14)18-16(13)8-11/h4-5,7-9,17H,3,6,10H2,1-2H3. The number of nitrogens with one attached hydrogen (secondary N) is 1. The Hall–Kier alpha value is -1.87. The highest BCUT2D eigenvalue weighted by Crippen LogP contribution is 2.26. The summed E-state index contributed by atoms with van der Waals surface area (Å²) in [6, 6.07) is 6.04. The number of allylic oxidation sites excluding steroid dienone is 1. The van der Waals surface area contributed by atoms with Crippen molar-refractivity contribution in [3.05, 3.63) is 52.2 Å². The van der Waals surface area contributed by atoms with Crippen LogP contribution in [-0.4, -0.2) is 20.2 Å². The summed E-state index contributed by atoms with van der Waals surface area (Å²) in [5.41, 5.74) is 3.61. The average molecular weight is 254 g/mol. The van der Waals surface area contributed by atoms with E-state index in [4.69, 9.17) is 4.74 Å². The van der Waals surface area contributed by atoms with E-state index in [0.717, 1.165) is 36.3 Å². The van der Waals surface area contributed by atoms with Gasteiger partial charge >= 0.3 is 0 Å². The molecular weight excluding hydrogens is 236 g/mol. The molecule has 0 amide bonds. The first kappa shape index (κ1) is 12.2. The summed E-state index contributed by atoms with van der Waals surface area (Å²) in [6.07, 6.45) is 5.56. The minimum Gasteiger partial charge on any atom is -0.497 e. The highest BCUT2D eigenvalue weighted by molar-refractivity contribution is 5.80. The number of rotatable bonds is 5. The number of benzene rings is 1. The molecule has 1 heterocycles. The summed E-state index contributed by atoms with van der Waals surface area (Å²) in [5, 5.41) is 5.64. The molecule has 1 aliphatic heterocycles. The van der Waals surface area contributed by atoms with Crippen LogP contribution >= 0.6 is 0 Å². The molecule has 19 heavy (non-hydrogen) atoms. The number of hydrogen-bond acceptors (Lipinski definition) is 3. The van der Waals surface area contributed by atoms with Crippen LogP contribution in [0.25, 0.3) is 5.57 Å². The van der Waals surface area contributed by atoms with Crippen LogP contribution < -0.4 is 20.6 Å². The van der Waals surface area contributed by atoms with Gasteiger partial charge in [0.2, 0.25) is 0 Å². The van der Waals surface area contributed by atoms with Crippen LogP contribution in [0.5, 0.6) is 5.75 Å². The molecule has 1 aliphatic carbocycles. The summed E-state index contributed by atoms with van der Waals surface area (Å²) in [5.74, 6) is 0.883. The van der Waals surface area contributed by atoms with Gasteiger partial charge in [-0.3, -0.25) is 0 Å². The lowest BCUT2D eigenvalue weighted by molar-refractivity contribution is 0.414. The summed E-state index contributed by atoms with van der Waals surface area (Å²) in [4.78, 5) is 4.66. The van der Waals surface area contributed by atoms with Crippen LogP contribution in [0.2, 0.25) is 0 Å². The number of methoxy groups -OCH3 is 1. The van der Waals surface area contributed by atoms with Gasteiger partial charge in [-0.05, 0) is 48.9 Å². The Morgan fingerprint density at radius 2 is 2.16 bits per heavy atom. The van der Waals surface area contributed by atoms with E-state index in [1.165, 1.54) is 16.4 Å². The van der Waals surface area contributed by atoms with Crippen LogP contribution in [0.1, 0.15) is 13.3 Å². The number of fused-ring (bicyclic) bond motifs is 2. The SMILES string of the molecule is CCCNCC1=CC2=c3cc(OC)ccc3=NC2=C1. The topological polar surface area (TPSA) is 33.6 Å². The van der Waals surface area contributed by atoms with E-state index in [-0.39, 0.29) is 0 Å². The van der Waals surface area contributed by atoms with Gasteiger partial charge in [0, 0.05) is 17.3 Å². The maximum atomic E-state index is 5.29. The van der Waals surface area contributed by atoms with E-state index in [2.05, 4.69) is 35.5 Å². The Morgan fingerprint density at radius 1 is 1.26 bits per heavy atom. The molecule has 0 saturated heterocycles. The highest BCUT2D eigenvalue weighted by Gasteiger charge is 2.17. The van der Waals surface area contributed by atoms with E-state index < -0.39 is 0 Å². The minimum atomic E-state index is 0.883. The Bertz CT molecular complexity index is 683. The van der Waals surface area contributed by atoms with Gasteiger partial charge in [0.15, 0.2) is 0 Å². The maximum Gasteiger partial charge on any atom is 0.119 e. The molecule has 0 atom stereocenters. The average Bonchev–Trinajstić information content (AvgIpc) is 2.95. The van der Waals surface area contributed by atoms with Crippen LogP contribution in [0.3, 0.4) is 0 Å². The Kier molecular flexibility index (Phi) is 3.22. The summed E-state index contributed by atoms with van der Waals surface area (Å²) in [7, 11) is 1.69. The van der Waals surface area contributed by atoms with Crippen molar-refractivity contribution in [3.8, 4) is 5.75 Å². The zero-order valence-electron chi connectivity index (χ0n) is 11.4. The molecule has 0 spiro atoms. The molecule has 0 fully saturated rings. The highest BCUT2D eigenvalue weighted by atomic mass is 16.5. The molecule has 0 saturated carbocycles. The summed E-state index contributed by atoms with van der Waals surface area (Å²) in [6.45, 7) is 4.14. The molecular formula is C16H18N2O. The molecule has 1 N–H and O–H groups in total. The van der Waals surface area contributed by atoms with Gasteiger partial charge < -0.3 is 10.1 Å². The molecule has 3 rings (SSSR count). The first-order valence-electron chi connectivity index (χ1n) is 6.72. The van der Waals surface area contributed by atoms with Crippen LogP contribution in [0, 0.1) is 0 Å². The van der Waals surface area contributed by atoms with Gasteiger partial charge in [-0.25, -0.2) is 4.99 Å². The van der Waals surface area contributed by atoms with Gasteiger partial charge in [0.05, 0.1) is 18.2 Å². The van der Waals surface area contributed by atoms with E-state index in [9.17, 15) is 0 Å². The molecule has 1 aromatic rings. The molecule has 1 aromatic carbocycles. The maximum absolute atomic E-state index is 5.29. The largest absolute Gasteiger partial charge is 0.497 e. The minimum absolute atomic E-state index is 0.883. The van der Waals surface area contributed by atoms with Gasteiger partial charge in [0.1, 0.15) is 5.75 Å². The third-order valence-corrected chi connectivity index (χ3v) is 3.42. The lowest BCUT2D eigenvalue weighted by Crippen LogP contribution is -2.22. The first-order valence-corrected chi connectivity index (χ1v) is 6.72. The third kappa shape index (κ3) is 2.22. The Balaban J connectivity index is 1.94. The Labute approximate surface area is 113 Å². The predicted octanol–water partition coefficient (Wildman–Crippen LogP) is 1.30. The molecule has 0 aromatic heterocycles. The zero-order chi connectivity index (χ0) is 13.2. The van der Waals surface area contributed by atoms with Gasteiger partial charge in [-0.15, -0.1) is 0 Å². The predicted molar refractivity (Wildman–Crippen MR) is 76.5 cm³/mol. The molecule has 3 nitrogen and oxygen atoms in total. The fourth-order valence-corrected chi connectivity index (χ4v) is 2.46. The van der Waals surface area contributed by atoms with E-state index in [1.807, 2.05) is 12.1 Å². The number of nitrogens with zero attached hydrogens (tertiary/aromatic N) is 1. The van der Waals surface area contributed by atoms with E-state index in [1.54, 1.807) is 7.11 Å². The second-order valence-electron chi connectivity index (χ2n) is 4.83. The van der Waals surface area contributed by atoms with Crippen molar-refractivity contribution in [3.63, 3.8) is 0 Å². The molecule has 98 valence electrons. The fourth-order valence-electron chi connectivity index (χ4n) is 2.46. The molecule has 2 aliphatic rings. The van der Waals surface area contributed by atoms with Crippen molar-refractivity contribution in [1.29, 1.82) is 0 Å². The van der Waals surface area contributed by atoms with Crippen molar-refractivity contribution in [2.24, 2.45) is 4.99 Å². The van der Waals surface area contributed by atoms with Crippen molar-refractivity contribution in [2.45, 2.75) is 13.3 Å². The molecule has 0 radical (unpaired) electrons. The Morgan fingerprint density at radius 3 is 2.95 bits per heavy atom. The molecule has 0 bridgehead atoms. The van der Waals surface area contributed by atoms with E-state index >= 15 is 0 Å². The monoisotopic (exact) mass is 254 g/mol. The quantitative estimate of drug-likeness (QED) is 0.804. The summed E-state index contributed by atoms with van der Waals surface area (Å²) >= 11 is 0. The van der Waals surface area contributed by atoms with Crippen molar-refractivity contribution < 1.29 is 4.74 Å². The molecule has 0 unspecified atom stereocenters. The van der Waals surface area contributed by atoms with Gasteiger partial charge in [-0.1, -0.05) is 6.92 Å². The van der Waals surface area contributed by atoms with Gasteiger partial charge in [-0.2, -0.15) is 0 Å². The van der Waals surface area contributed by atoms with Crippen molar-refractivity contribution >= 4 is 5.57 Å². The zero-order valence-corrected chi connectivity index (χ0v) is 11.4. The van der Waals surface area contributed by atoms with Crippen LogP contribution in [0.15, 0.2) is 46.6 Å². The normalized spacial score (nSPS) is 15.6. The molecule has 3 heteroatoms. The number of ether oxygens (including phenoxy) is 1. The van der Waals surface area contributed by atoms with E-state index in [0.29, 0.717) is 0 Å². The first-order chi connectivity index (χ1) is 9.31. The van der Waals surface area contributed by atoms with Crippen LogP contribution in [-0.2, 0) is 0 Å². The van der Waals surface area contributed by atoms with Crippen molar-refractivity contribution in [1.82, 2.24) is 5.32 Å². The second kappa shape index (κ2) is 5.02. The smallest absolute Gasteiger partial charge is 0.119 e. The van der Waals surface area contributed by atoms with Crippen molar-refractivity contribution in [2.75, 3.05) is 20.2 Å². The lowest BCUT2D eigenvalue weighted by Gasteiger charge is -2.01. The summed E-state index contributed by atoms with van der Waals surface area (Å²) < 4.78 is 5.29. The van der Waals surface area contributed by atoms with Gasteiger partial charge in [0.25, 0.3) is 0 Å².